The lowest BCUT2D eigenvalue weighted by Crippen LogP contribution is -2.05. The summed E-state index contributed by atoms with van der Waals surface area (Å²) in [5.74, 6) is 1.74. The second-order valence-corrected chi connectivity index (χ2v) is 5.95. The molecule has 0 atom stereocenters. The van der Waals surface area contributed by atoms with Crippen LogP contribution in [-0.2, 0) is 13.1 Å². The molecule has 4 heteroatoms. The van der Waals surface area contributed by atoms with Gasteiger partial charge < -0.3 is 20.1 Å². The Kier molecular flexibility index (Phi) is 5.99. The zero-order valence-corrected chi connectivity index (χ0v) is 15.2. The first-order valence-electron chi connectivity index (χ1n) is 8.61. The topological polar surface area (TPSA) is 42.5 Å². The highest BCUT2D eigenvalue weighted by Crippen LogP contribution is 2.23. The number of benzene rings is 3. The number of para-hydroxylation sites is 2. The molecule has 3 aromatic rings. The van der Waals surface area contributed by atoms with Crippen molar-refractivity contribution in [1.29, 1.82) is 0 Å². The van der Waals surface area contributed by atoms with E-state index in [4.69, 9.17) is 9.47 Å². The molecule has 0 radical (unpaired) electrons. The summed E-state index contributed by atoms with van der Waals surface area (Å²) in [7, 11) is 3.36. The summed E-state index contributed by atoms with van der Waals surface area (Å²) >= 11 is 0. The van der Waals surface area contributed by atoms with Gasteiger partial charge >= 0.3 is 0 Å². The van der Waals surface area contributed by atoms with Crippen LogP contribution in [0, 0.1) is 0 Å². The first kappa shape index (κ1) is 17.7. The molecule has 0 aliphatic carbocycles. The molecule has 0 aliphatic rings. The van der Waals surface area contributed by atoms with E-state index in [1.54, 1.807) is 14.2 Å². The average molecular weight is 348 g/mol. The number of rotatable bonds is 8. The third-order valence-corrected chi connectivity index (χ3v) is 4.21. The van der Waals surface area contributed by atoms with Crippen LogP contribution in [0.15, 0.2) is 72.8 Å². The van der Waals surface area contributed by atoms with Gasteiger partial charge in [0.05, 0.1) is 25.6 Å². The first-order chi connectivity index (χ1) is 12.8. The standard InChI is InChI=1S/C22H24N2O2/c1-25-19-11-7-17(8-12-19)15-23-21-5-3-4-6-22(21)24-16-18-9-13-20(26-2)14-10-18/h3-14,23-24H,15-16H2,1-2H3. The highest BCUT2D eigenvalue weighted by molar-refractivity contribution is 5.68. The molecule has 0 aromatic heterocycles. The summed E-state index contributed by atoms with van der Waals surface area (Å²) in [4.78, 5) is 0. The van der Waals surface area contributed by atoms with Crippen LogP contribution in [0.5, 0.6) is 11.5 Å². The molecule has 0 spiro atoms. The monoisotopic (exact) mass is 348 g/mol. The number of ether oxygens (including phenoxy) is 2. The lowest BCUT2D eigenvalue weighted by Gasteiger charge is -2.14. The van der Waals surface area contributed by atoms with Crippen molar-refractivity contribution in [2.45, 2.75) is 13.1 Å². The molecule has 0 unspecified atom stereocenters. The van der Waals surface area contributed by atoms with Crippen LogP contribution in [0.3, 0.4) is 0 Å². The molecule has 26 heavy (non-hydrogen) atoms. The van der Waals surface area contributed by atoms with Crippen LogP contribution < -0.4 is 20.1 Å². The van der Waals surface area contributed by atoms with Gasteiger partial charge in [-0.3, -0.25) is 0 Å². The molecule has 0 bridgehead atoms. The number of anilines is 2. The van der Waals surface area contributed by atoms with Gasteiger partial charge in [-0.1, -0.05) is 36.4 Å². The summed E-state index contributed by atoms with van der Waals surface area (Å²) in [6.07, 6.45) is 0. The fourth-order valence-corrected chi connectivity index (χ4v) is 2.67. The summed E-state index contributed by atoms with van der Waals surface area (Å²) in [6.45, 7) is 1.51. The molecule has 0 saturated carbocycles. The van der Waals surface area contributed by atoms with Crippen LogP contribution in [0.25, 0.3) is 0 Å². The SMILES string of the molecule is COc1ccc(CNc2ccccc2NCc2ccc(OC)cc2)cc1. The first-order valence-corrected chi connectivity index (χ1v) is 8.61. The average Bonchev–Trinajstić information content (AvgIpc) is 2.72. The maximum Gasteiger partial charge on any atom is 0.118 e. The van der Waals surface area contributed by atoms with E-state index >= 15 is 0 Å². The Balaban J connectivity index is 1.61. The number of hydrogen-bond donors (Lipinski definition) is 2. The fourth-order valence-electron chi connectivity index (χ4n) is 2.67. The zero-order chi connectivity index (χ0) is 18.2. The predicted octanol–water partition coefficient (Wildman–Crippen LogP) is 4.93. The van der Waals surface area contributed by atoms with Gasteiger partial charge in [0.1, 0.15) is 11.5 Å². The molecule has 0 heterocycles. The molecule has 0 saturated heterocycles. The fraction of sp³-hybridized carbons (Fsp3) is 0.182. The number of methoxy groups -OCH3 is 2. The lowest BCUT2D eigenvalue weighted by molar-refractivity contribution is 0.414. The predicted molar refractivity (Wildman–Crippen MR) is 107 cm³/mol. The maximum absolute atomic E-state index is 5.20. The van der Waals surface area contributed by atoms with E-state index in [0.717, 1.165) is 36.0 Å². The minimum absolute atomic E-state index is 0.755. The van der Waals surface area contributed by atoms with E-state index in [2.05, 4.69) is 47.0 Å². The Labute approximate surface area is 154 Å². The number of nitrogens with one attached hydrogen (secondary N) is 2. The molecule has 134 valence electrons. The molecule has 4 nitrogen and oxygen atoms in total. The molecular formula is C22H24N2O2. The Hall–Kier alpha value is -3.14. The molecule has 0 aliphatic heterocycles. The van der Waals surface area contributed by atoms with E-state index in [-0.39, 0.29) is 0 Å². The van der Waals surface area contributed by atoms with Crippen LogP contribution in [0.1, 0.15) is 11.1 Å². The van der Waals surface area contributed by atoms with E-state index in [1.807, 2.05) is 36.4 Å². The van der Waals surface area contributed by atoms with Crippen LogP contribution in [-0.4, -0.2) is 14.2 Å². The molecule has 0 fully saturated rings. The van der Waals surface area contributed by atoms with Crippen molar-refractivity contribution in [1.82, 2.24) is 0 Å². The van der Waals surface area contributed by atoms with Crippen molar-refractivity contribution in [3.05, 3.63) is 83.9 Å². The second kappa shape index (κ2) is 8.81. The Morgan fingerprint density at radius 2 is 0.962 bits per heavy atom. The Morgan fingerprint density at radius 1 is 0.577 bits per heavy atom. The van der Waals surface area contributed by atoms with Gasteiger partial charge in [-0.2, -0.15) is 0 Å². The van der Waals surface area contributed by atoms with E-state index in [9.17, 15) is 0 Å². The lowest BCUT2D eigenvalue weighted by atomic mass is 10.2. The summed E-state index contributed by atoms with van der Waals surface area (Å²) in [6, 6.07) is 24.4. The quantitative estimate of drug-likeness (QED) is 0.606. The van der Waals surface area contributed by atoms with Crippen molar-refractivity contribution < 1.29 is 9.47 Å². The minimum Gasteiger partial charge on any atom is -0.497 e. The van der Waals surface area contributed by atoms with Crippen molar-refractivity contribution >= 4 is 11.4 Å². The molecule has 2 N–H and O–H groups in total. The van der Waals surface area contributed by atoms with Gasteiger partial charge in [-0.15, -0.1) is 0 Å². The smallest absolute Gasteiger partial charge is 0.118 e. The normalized spacial score (nSPS) is 10.2. The van der Waals surface area contributed by atoms with Crippen molar-refractivity contribution in [3.63, 3.8) is 0 Å². The Bertz CT molecular complexity index is 744. The highest BCUT2D eigenvalue weighted by atomic mass is 16.5. The third kappa shape index (κ3) is 4.70. The molecule has 0 amide bonds. The molecular weight excluding hydrogens is 324 g/mol. The van der Waals surface area contributed by atoms with Gasteiger partial charge in [-0.05, 0) is 47.5 Å². The van der Waals surface area contributed by atoms with Crippen LogP contribution in [0.2, 0.25) is 0 Å². The number of hydrogen-bond acceptors (Lipinski definition) is 4. The molecule has 3 aromatic carbocycles. The summed E-state index contributed by atoms with van der Waals surface area (Å²) in [5.41, 5.74) is 4.57. The van der Waals surface area contributed by atoms with E-state index < -0.39 is 0 Å². The Morgan fingerprint density at radius 3 is 1.31 bits per heavy atom. The van der Waals surface area contributed by atoms with Crippen LogP contribution >= 0.6 is 0 Å². The van der Waals surface area contributed by atoms with Gasteiger partial charge in [0.25, 0.3) is 0 Å². The van der Waals surface area contributed by atoms with Crippen molar-refractivity contribution in [2.75, 3.05) is 24.9 Å². The maximum atomic E-state index is 5.20. The highest BCUT2D eigenvalue weighted by Gasteiger charge is 2.02. The van der Waals surface area contributed by atoms with Crippen molar-refractivity contribution in [3.8, 4) is 11.5 Å². The van der Waals surface area contributed by atoms with Gasteiger partial charge in [0.15, 0.2) is 0 Å². The summed E-state index contributed by atoms with van der Waals surface area (Å²) in [5, 5.41) is 7.00. The second-order valence-electron chi connectivity index (χ2n) is 5.95. The van der Waals surface area contributed by atoms with Gasteiger partial charge in [-0.25, -0.2) is 0 Å². The minimum atomic E-state index is 0.755. The summed E-state index contributed by atoms with van der Waals surface area (Å²) < 4.78 is 10.4. The molecule has 3 rings (SSSR count). The van der Waals surface area contributed by atoms with Crippen molar-refractivity contribution in [2.24, 2.45) is 0 Å². The zero-order valence-electron chi connectivity index (χ0n) is 15.2. The van der Waals surface area contributed by atoms with Crippen LogP contribution in [0.4, 0.5) is 11.4 Å². The van der Waals surface area contributed by atoms with Gasteiger partial charge in [0.2, 0.25) is 0 Å². The third-order valence-electron chi connectivity index (χ3n) is 4.21. The van der Waals surface area contributed by atoms with Gasteiger partial charge in [0, 0.05) is 13.1 Å². The largest absolute Gasteiger partial charge is 0.497 e. The van der Waals surface area contributed by atoms with E-state index in [1.165, 1.54) is 11.1 Å². The van der Waals surface area contributed by atoms with E-state index in [0.29, 0.717) is 0 Å².